The Balaban J connectivity index is 1.45. The summed E-state index contributed by atoms with van der Waals surface area (Å²) in [6, 6.07) is 14.4. The molecule has 0 aromatic heterocycles. The number of ether oxygens (including phenoxy) is 2. The standard InChI is InChI=1S/C27H32O5/c1-19-2-7-22(26-17-24(29)16-25(18-28)32-26)15-23(19)14-21-5-3-20(4-6-21)8-9-27(30)10-12-31-13-11-27/h2-7,15,24-26,28-30H,10-14,16-18H2,1H3. The molecule has 0 amide bonds. The Kier molecular flexibility index (Phi) is 7.30. The monoisotopic (exact) mass is 436 g/mol. The highest BCUT2D eigenvalue weighted by Gasteiger charge is 2.29. The molecule has 2 aliphatic rings. The fraction of sp³-hybridized carbons (Fsp3) is 0.481. The van der Waals surface area contributed by atoms with E-state index in [4.69, 9.17) is 9.47 Å². The van der Waals surface area contributed by atoms with E-state index in [9.17, 15) is 15.3 Å². The van der Waals surface area contributed by atoms with Crippen molar-refractivity contribution in [3.05, 3.63) is 70.3 Å². The Morgan fingerprint density at radius 2 is 1.81 bits per heavy atom. The Morgan fingerprint density at radius 3 is 2.53 bits per heavy atom. The molecule has 3 atom stereocenters. The maximum atomic E-state index is 10.5. The van der Waals surface area contributed by atoms with E-state index in [1.54, 1.807) is 0 Å². The SMILES string of the molecule is Cc1ccc(C2CC(O)CC(CO)O2)cc1Cc1ccc(C#CC2(O)CCOCC2)cc1. The molecule has 2 aromatic carbocycles. The molecule has 0 bridgehead atoms. The molecule has 2 fully saturated rings. The third kappa shape index (κ3) is 5.78. The van der Waals surface area contributed by atoms with Crippen LogP contribution in [0.5, 0.6) is 0 Å². The van der Waals surface area contributed by atoms with Crippen molar-refractivity contribution in [3.63, 3.8) is 0 Å². The lowest BCUT2D eigenvalue weighted by Crippen LogP contribution is -2.34. The summed E-state index contributed by atoms with van der Waals surface area (Å²) in [7, 11) is 0. The van der Waals surface area contributed by atoms with E-state index in [-0.39, 0.29) is 18.8 Å². The van der Waals surface area contributed by atoms with Gasteiger partial charge in [-0.15, -0.1) is 0 Å². The number of aliphatic hydroxyl groups excluding tert-OH is 2. The van der Waals surface area contributed by atoms with Crippen LogP contribution in [0.4, 0.5) is 0 Å². The van der Waals surface area contributed by atoms with Crippen LogP contribution in [0.2, 0.25) is 0 Å². The maximum absolute atomic E-state index is 10.5. The Morgan fingerprint density at radius 1 is 1.06 bits per heavy atom. The van der Waals surface area contributed by atoms with Crippen LogP contribution in [0.25, 0.3) is 0 Å². The van der Waals surface area contributed by atoms with E-state index in [2.05, 4.69) is 49.1 Å². The zero-order valence-corrected chi connectivity index (χ0v) is 18.6. The molecule has 5 heteroatoms. The molecule has 0 saturated carbocycles. The average molecular weight is 437 g/mol. The van der Waals surface area contributed by atoms with Gasteiger partial charge in [0.1, 0.15) is 5.60 Å². The summed E-state index contributed by atoms with van der Waals surface area (Å²) in [6.45, 7) is 3.12. The van der Waals surface area contributed by atoms with Crippen molar-refractivity contribution in [2.75, 3.05) is 19.8 Å². The number of aliphatic hydroxyl groups is 3. The Labute approximate surface area is 190 Å². The van der Waals surface area contributed by atoms with Gasteiger partial charge in [0, 0.05) is 31.2 Å². The zero-order valence-electron chi connectivity index (χ0n) is 18.6. The minimum absolute atomic E-state index is 0.0767. The largest absolute Gasteiger partial charge is 0.394 e. The molecule has 170 valence electrons. The summed E-state index contributed by atoms with van der Waals surface area (Å²) in [5.74, 6) is 6.13. The lowest BCUT2D eigenvalue weighted by Gasteiger charge is -2.32. The third-order valence-electron chi connectivity index (χ3n) is 6.43. The topological polar surface area (TPSA) is 79.2 Å². The molecule has 2 aromatic rings. The van der Waals surface area contributed by atoms with Gasteiger partial charge in [-0.3, -0.25) is 0 Å². The predicted molar refractivity (Wildman–Crippen MR) is 122 cm³/mol. The summed E-state index contributed by atoms with van der Waals surface area (Å²) >= 11 is 0. The molecular formula is C27H32O5. The minimum atomic E-state index is -0.946. The van der Waals surface area contributed by atoms with Gasteiger partial charge in [-0.05, 0) is 47.7 Å². The van der Waals surface area contributed by atoms with Gasteiger partial charge in [0.2, 0.25) is 0 Å². The number of rotatable bonds is 4. The van der Waals surface area contributed by atoms with Crippen LogP contribution in [0.1, 0.15) is 59.6 Å². The smallest absolute Gasteiger partial charge is 0.130 e. The Bertz CT molecular complexity index is 966. The second kappa shape index (κ2) is 10.2. The number of hydrogen-bond acceptors (Lipinski definition) is 5. The lowest BCUT2D eigenvalue weighted by molar-refractivity contribution is -0.113. The van der Waals surface area contributed by atoms with E-state index in [1.807, 2.05) is 12.1 Å². The van der Waals surface area contributed by atoms with Crippen molar-refractivity contribution in [2.24, 2.45) is 0 Å². The van der Waals surface area contributed by atoms with Crippen molar-refractivity contribution >= 4 is 0 Å². The first-order valence-electron chi connectivity index (χ1n) is 11.4. The fourth-order valence-electron chi connectivity index (χ4n) is 4.35. The van der Waals surface area contributed by atoms with Crippen molar-refractivity contribution in [2.45, 2.75) is 62.9 Å². The van der Waals surface area contributed by atoms with E-state index >= 15 is 0 Å². The van der Waals surface area contributed by atoms with Crippen LogP contribution in [0, 0.1) is 18.8 Å². The van der Waals surface area contributed by atoms with E-state index in [0.717, 1.165) is 17.5 Å². The molecule has 2 saturated heterocycles. The van der Waals surface area contributed by atoms with Gasteiger partial charge in [0.25, 0.3) is 0 Å². The summed E-state index contributed by atoms with van der Waals surface area (Å²) in [5, 5.41) is 30.1. The second-order valence-corrected chi connectivity index (χ2v) is 9.01. The molecule has 2 aliphatic heterocycles. The predicted octanol–water partition coefficient (Wildman–Crippen LogP) is 3.05. The van der Waals surface area contributed by atoms with Gasteiger partial charge in [-0.25, -0.2) is 0 Å². The van der Waals surface area contributed by atoms with Crippen molar-refractivity contribution in [1.82, 2.24) is 0 Å². The van der Waals surface area contributed by atoms with Crippen LogP contribution in [-0.2, 0) is 15.9 Å². The molecule has 5 nitrogen and oxygen atoms in total. The van der Waals surface area contributed by atoms with Gasteiger partial charge in [0.05, 0.1) is 38.1 Å². The molecular weight excluding hydrogens is 404 g/mol. The lowest BCUT2D eigenvalue weighted by atomic mass is 9.92. The quantitative estimate of drug-likeness (QED) is 0.642. The number of benzene rings is 2. The average Bonchev–Trinajstić information content (AvgIpc) is 2.80. The molecule has 32 heavy (non-hydrogen) atoms. The van der Waals surface area contributed by atoms with Gasteiger partial charge >= 0.3 is 0 Å². The maximum Gasteiger partial charge on any atom is 0.130 e. The van der Waals surface area contributed by atoms with Crippen LogP contribution in [-0.4, -0.2) is 52.9 Å². The first kappa shape index (κ1) is 23.0. The molecule has 2 heterocycles. The van der Waals surface area contributed by atoms with E-state index in [1.165, 1.54) is 16.7 Å². The summed E-state index contributed by atoms with van der Waals surface area (Å²) < 4.78 is 11.3. The normalized spacial score (nSPS) is 25.1. The van der Waals surface area contributed by atoms with E-state index < -0.39 is 11.7 Å². The van der Waals surface area contributed by atoms with Gasteiger partial charge in [0.15, 0.2) is 0 Å². The van der Waals surface area contributed by atoms with Gasteiger partial charge < -0.3 is 24.8 Å². The van der Waals surface area contributed by atoms with Crippen LogP contribution in [0.3, 0.4) is 0 Å². The fourth-order valence-corrected chi connectivity index (χ4v) is 4.35. The van der Waals surface area contributed by atoms with Crippen molar-refractivity contribution < 1.29 is 24.8 Å². The first-order valence-corrected chi connectivity index (χ1v) is 11.4. The highest BCUT2D eigenvalue weighted by atomic mass is 16.5. The highest BCUT2D eigenvalue weighted by Crippen LogP contribution is 2.32. The third-order valence-corrected chi connectivity index (χ3v) is 6.43. The van der Waals surface area contributed by atoms with Crippen molar-refractivity contribution in [3.8, 4) is 11.8 Å². The second-order valence-electron chi connectivity index (χ2n) is 9.01. The Hall–Kier alpha value is -2.20. The minimum Gasteiger partial charge on any atom is -0.394 e. The van der Waals surface area contributed by atoms with Crippen molar-refractivity contribution in [1.29, 1.82) is 0 Å². The van der Waals surface area contributed by atoms with E-state index in [0.29, 0.717) is 38.9 Å². The summed E-state index contributed by atoms with van der Waals surface area (Å²) in [6.07, 6.45) is 1.93. The van der Waals surface area contributed by atoms with Gasteiger partial charge in [-0.1, -0.05) is 42.2 Å². The summed E-state index contributed by atoms with van der Waals surface area (Å²) in [5.41, 5.74) is 4.57. The molecule has 3 unspecified atom stereocenters. The van der Waals surface area contributed by atoms with Gasteiger partial charge in [-0.2, -0.15) is 0 Å². The first-order chi connectivity index (χ1) is 15.4. The zero-order chi connectivity index (χ0) is 22.6. The van der Waals surface area contributed by atoms with Crippen LogP contribution >= 0.6 is 0 Å². The molecule has 4 rings (SSSR count). The molecule has 0 radical (unpaired) electrons. The molecule has 3 N–H and O–H groups in total. The number of aryl methyl sites for hydroxylation is 1. The number of hydrogen-bond donors (Lipinski definition) is 3. The highest BCUT2D eigenvalue weighted by molar-refractivity contribution is 5.41. The summed E-state index contributed by atoms with van der Waals surface area (Å²) in [4.78, 5) is 0. The molecule has 0 spiro atoms. The van der Waals surface area contributed by atoms with Crippen LogP contribution in [0.15, 0.2) is 42.5 Å². The van der Waals surface area contributed by atoms with Crippen LogP contribution < -0.4 is 0 Å². The molecule has 0 aliphatic carbocycles.